The summed E-state index contributed by atoms with van der Waals surface area (Å²) in [6, 6.07) is 0. The summed E-state index contributed by atoms with van der Waals surface area (Å²) < 4.78 is 3.99. The van der Waals surface area contributed by atoms with Gasteiger partial charge in [-0.2, -0.15) is 4.37 Å². The third kappa shape index (κ3) is 4.86. The zero-order chi connectivity index (χ0) is 14.6. The summed E-state index contributed by atoms with van der Waals surface area (Å²) in [6.07, 6.45) is 0.285. The SMILES string of the molecule is Cc1nsc(NCCC(=O)NC(C)(C)C)c1C(=O)O. The minimum absolute atomic E-state index is 0.0712. The molecular weight excluding hydrogens is 266 g/mol. The van der Waals surface area contributed by atoms with Crippen molar-refractivity contribution in [3.63, 3.8) is 0 Å². The monoisotopic (exact) mass is 285 g/mol. The lowest BCUT2D eigenvalue weighted by Crippen LogP contribution is -2.41. The minimum atomic E-state index is -1.01. The van der Waals surface area contributed by atoms with Gasteiger partial charge in [0, 0.05) is 18.5 Å². The second-order valence-corrected chi connectivity index (χ2v) is 6.03. The topological polar surface area (TPSA) is 91.3 Å². The van der Waals surface area contributed by atoms with Crippen molar-refractivity contribution in [2.24, 2.45) is 0 Å². The smallest absolute Gasteiger partial charge is 0.340 e. The van der Waals surface area contributed by atoms with E-state index in [-0.39, 0.29) is 23.4 Å². The van der Waals surface area contributed by atoms with E-state index < -0.39 is 5.97 Å². The molecule has 0 saturated carbocycles. The molecule has 1 heterocycles. The van der Waals surface area contributed by atoms with Gasteiger partial charge in [-0.3, -0.25) is 4.79 Å². The number of hydrogen-bond acceptors (Lipinski definition) is 5. The van der Waals surface area contributed by atoms with Gasteiger partial charge >= 0.3 is 5.97 Å². The average molecular weight is 285 g/mol. The lowest BCUT2D eigenvalue weighted by Gasteiger charge is -2.20. The fraction of sp³-hybridized carbons (Fsp3) is 0.583. The first-order valence-electron chi connectivity index (χ1n) is 5.95. The Balaban J connectivity index is 2.50. The van der Waals surface area contributed by atoms with Gasteiger partial charge in [0.05, 0.1) is 5.69 Å². The normalized spacial score (nSPS) is 11.2. The molecule has 1 amide bonds. The first kappa shape index (κ1) is 15.4. The van der Waals surface area contributed by atoms with Crippen LogP contribution >= 0.6 is 11.5 Å². The second-order valence-electron chi connectivity index (χ2n) is 5.25. The highest BCUT2D eigenvalue weighted by Gasteiger charge is 2.18. The largest absolute Gasteiger partial charge is 0.478 e. The first-order chi connectivity index (χ1) is 8.70. The van der Waals surface area contributed by atoms with E-state index in [9.17, 15) is 9.59 Å². The molecule has 106 valence electrons. The van der Waals surface area contributed by atoms with Gasteiger partial charge in [-0.15, -0.1) is 0 Å². The highest BCUT2D eigenvalue weighted by molar-refractivity contribution is 7.10. The summed E-state index contributed by atoms with van der Waals surface area (Å²) >= 11 is 1.10. The van der Waals surface area contributed by atoms with Crippen molar-refractivity contribution in [3.8, 4) is 0 Å². The second kappa shape index (κ2) is 6.01. The predicted molar refractivity (Wildman–Crippen MR) is 74.8 cm³/mol. The van der Waals surface area contributed by atoms with Crippen LogP contribution in [0, 0.1) is 6.92 Å². The van der Waals surface area contributed by atoms with E-state index in [0.717, 1.165) is 11.5 Å². The van der Waals surface area contributed by atoms with Crippen LogP contribution in [0.4, 0.5) is 5.00 Å². The Labute approximate surface area is 116 Å². The maximum absolute atomic E-state index is 11.6. The molecule has 3 N–H and O–H groups in total. The third-order valence-electron chi connectivity index (χ3n) is 2.23. The van der Waals surface area contributed by atoms with Gasteiger partial charge in [0.15, 0.2) is 0 Å². The fourth-order valence-corrected chi connectivity index (χ4v) is 2.32. The van der Waals surface area contributed by atoms with Crippen LogP contribution in [0.5, 0.6) is 0 Å². The van der Waals surface area contributed by atoms with E-state index in [0.29, 0.717) is 17.2 Å². The molecule has 0 aliphatic heterocycles. The molecule has 0 unspecified atom stereocenters. The van der Waals surface area contributed by atoms with E-state index in [4.69, 9.17) is 5.11 Å². The van der Waals surface area contributed by atoms with Crippen molar-refractivity contribution in [2.45, 2.75) is 39.7 Å². The molecule has 0 radical (unpaired) electrons. The van der Waals surface area contributed by atoms with Crippen molar-refractivity contribution < 1.29 is 14.7 Å². The number of nitrogens with one attached hydrogen (secondary N) is 2. The van der Waals surface area contributed by atoms with E-state index >= 15 is 0 Å². The van der Waals surface area contributed by atoms with Crippen LogP contribution < -0.4 is 10.6 Å². The van der Waals surface area contributed by atoms with E-state index in [1.165, 1.54) is 0 Å². The standard InChI is InChI=1S/C12H19N3O3S/c1-7-9(11(17)18)10(19-15-7)13-6-5-8(16)14-12(2,3)4/h13H,5-6H2,1-4H3,(H,14,16)(H,17,18). The Hall–Kier alpha value is -1.63. The van der Waals surface area contributed by atoms with Crippen LogP contribution in [0.3, 0.4) is 0 Å². The number of carboxylic acids is 1. The molecule has 0 aliphatic rings. The quantitative estimate of drug-likeness (QED) is 0.768. The van der Waals surface area contributed by atoms with E-state index in [2.05, 4.69) is 15.0 Å². The number of anilines is 1. The van der Waals surface area contributed by atoms with Gasteiger partial charge in [0.2, 0.25) is 5.91 Å². The van der Waals surface area contributed by atoms with E-state index in [1.54, 1.807) is 6.92 Å². The van der Waals surface area contributed by atoms with Crippen molar-refractivity contribution in [1.29, 1.82) is 0 Å². The maximum Gasteiger partial charge on any atom is 0.340 e. The summed E-state index contributed by atoms with van der Waals surface area (Å²) in [5.41, 5.74) is 0.407. The van der Waals surface area contributed by atoms with Crippen molar-refractivity contribution in [1.82, 2.24) is 9.69 Å². The highest BCUT2D eigenvalue weighted by Crippen LogP contribution is 2.24. The molecule has 19 heavy (non-hydrogen) atoms. The van der Waals surface area contributed by atoms with Crippen LogP contribution in [0.15, 0.2) is 0 Å². The Morgan fingerprint density at radius 2 is 2.00 bits per heavy atom. The van der Waals surface area contributed by atoms with Gasteiger partial charge < -0.3 is 15.7 Å². The van der Waals surface area contributed by atoms with Gasteiger partial charge in [0.1, 0.15) is 10.6 Å². The summed E-state index contributed by atoms with van der Waals surface area (Å²) in [5.74, 6) is -1.08. The molecule has 1 aromatic rings. The maximum atomic E-state index is 11.6. The zero-order valence-corrected chi connectivity index (χ0v) is 12.3. The van der Waals surface area contributed by atoms with Gasteiger partial charge in [-0.1, -0.05) is 0 Å². The number of amides is 1. The number of hydrogen-bond donors (Lipinski definition) is 3. The van der Waals surface area contributed by atoms with Crippen molar-refractivity contribution >= 4 is 28.4 Å². The Morgan fingerprint density at radius 3 is 2.53 bits per heavy atom. The molecule has 0 spiro atoms. The van der Waals surface area contributed by atoms with Crippen LogP contribution in [0.25, 0.3) is 0 Å². The third-order valence-corrected chi connectivity index (χ3v) is 3.12. The molecule has 0 saturated heterocycles. The number of nitrogens with zero attached hydrogens (tertiary/aromatic N) is 1. The summed E-state index contributed by atoms with van der Waals surface area (Å²) in [6.45, 7) is 7.76. The van der Waals surface area contributed by atoms with Crippen LogP contribution in [0.2, 0.25) is 0 Å². The average Bonchev–Trinajstić information content (AvgIpc) is 2.57. The number of aromatic nitrogens is 1. The van der Waals surface area contributed by atoms with Crippen LogP contribution in [0.1, 0.15) is 43.2 Å². The number of carboxylic acid groups (broad SMARTS) is 1. The molecule has 0 aliphatic carbocycles. The zero-order valence-electron chi connectivity index (χ0n) is 11.5. The molecule has 0 bridgehead atoms. The molecule has 1 rings (SSSR count). The van der Waals surface area contributed by atoms with Crippen LogP contribution in [-0.2, 0) is 4.79 Å². The molecule has 6 nitrogen and oxygen atoms in total. The molecule has 7 heteroatoms. The number of aromatic carboxylic acids is 1. The summed E-state index contributed by atoms with van der Waals surface area (Å²) in [7, 11) is 0. The summed E-state index contributed by atoms with van der Waals surface area (Å²) in [5, 5.41) is 15.3. The summed E-state index contributed by atoms with van der Waals surface area (Å²) in [4.78, 5) is 22.6. The van der Waals surface area contributed by atoms with Gasteiger partial charge in [-0.05, 0) is 39.2 Å². The molecular formula is C12H19N3O3S. The highest BCUT2D eigenvalue weighted by atomic mass is 32.1. The molecule has 0 fully saturated rings. The molecule has 0 aromatic carbocycles. The lowest BCUT2D eigenvalue weighted by atomic mass is 10.1. The number of aryl methyl sites for hydroxylation is 1. The van der Waals surface area contributed by atoms with Crippen LogP contribution in [-0.4, -0.2) is 33.4 Å². The Morgan fingerprint density at radius 1 is 1.37 bits per heavy atom. The van der Waals surface area contributed by atoms with Gasteiger partial charge in [0.25, 0.3) is 0 Å². The fourth-order valence-electron chi connectivity index (χ4n) is 1.51. The lowest BCUT2D eigenvalue weighted by molar-refractivity contribution is -0.122. The van der Waals surface area contributed by atoms with Gasteiger partial charge in [-0.25, -0.2) is 4.79 Å². The van der Waals surface area contributed by atoms with Crippen molar-refractivity contribution in [3.05, 3.63) is 11.3 Å². The Kier molecular flexibility index (Phi) is 4.88. The number of carbonyl (C=O) groups is 2. The Bertz CT molecular complexity index is 477. The molecule has 1 aromatic heterocycles. The minimum Gasteiger partial charge on any atom is -0.478 e. The number of rotatable bonds is 5. The van der Waals surface area contributed by atoms with E-state index in [1.807, 2.05) is 20.8 Å². The predicted octanol–water partition coefficient (Wildman–Crippen LogP) is 1.87. The van der Waals surface area contributed by atoms with Crippen molar-refractivity contribution in [2.75, 3.05) is 11.9 Å². The first-order valence-corrected chi connectivity index (χ1v) is 6.72. The molecule has 0 atom stereocenters. The number of carbonyl (C=O) groups excluding carboxylic acids is 1.